The number of fused-ring (bicyclic) bond motifs is 3. The first-order valence-corrected chi connectivity index (χ1v) is 8.73. The lowest BCUT2D eigenvalue weighted by molar-refractivity contribution is -0.133. The SMILES string of the molecule is O=C(O)c1ccc2c(c1)CN(C(=O)CC1CC3CCC1C3)CC2. The average Bonchev–Trinajstić information content (AvgIpc) is 3.16. The van der Waals surface area contributed by atoms with Gasteiger partial charge in [0, 0.05) is 19.5 Å². The van der Waals surface area contributed by atoms with Gasteiger partial charge in [-0.15, -0.1) is 0 Å². The summed E-state index contributed by atoms with van der Waals surface area (Å²) in [5, 5.41) is 9.13. The van der Waals surface area contributed by atoms with Gasteiger partial charge in [-0.1, -0.05) is 12.5 Å². The second-order valence-electron chi connectivity index (χ2n) is 7.49. The maximum atomic E-state index is 12.7. The van der Waals surface area contributed by atoms with Gasteiger partial charge in [-0.3, -0.25) is 4.79 Å². The Morgan fingerprint density at radius 3 is 2.74 bits per heavy atom. The van der Waals surface area contributed by atoms with Crippen LogP contribution in [0, 0.1) is 17.8 Å². The van der Waals surface area contributed by atoms with E-state index in [-0.39, 0.29) is 5.91 Å². The molecule has 1 aliphatic heterocycles. The molecular weight excluding hydrogens is 290 g/mol. The number of carboxylic acid groups (broad SMARTS) is 1. The number of hydrogen-bond acceptors (Lipinski definition) is 2. The highest BCUT2D eigenvalue weighted by atomic mass is 16.4. The summed E-state index contributed by atoms with van der Waals surface area (Å²) >= 11 is 0. The van der Waals surface area contributed by atoms with Crippen molar-refractivity contribution in [2.75, 3.05) is 6.54 Å². The molecule has 1 N–H and O–H groups in total. The first-order valence-electron chi connectivity index (χ1n) is 8.73. The van der Waals surface area contributed by atoms with E-state index in [1.54, 1.807) is 12.1 Å². The number of nitrogens with zero attached hydrogens (tertiary/aromatic N) is 1. The van der Waals surface area contributed by atoms with Gasteiger partial charge in [0.2, 0.25) is 5.91 Å². The molecule has 4 rings (SSSR count). The third-order valence-corrected chi connectivity index (χ3v) is 6.14. The molecule has 0 aromatic heterocycles. The fourth-order valence-corrected chi connectivity index (χ4v) is 4.88. The Kier molecular flexibility index (Phi) is 3.63. The first-order chi connectivity index (χ1) is 11.1. The van der Waals surface area contributed by atoms with Crippen LogP contribution in [0.3, 0.4) is 0 Å². The molecule has 2 bridgehead atoms. The third kappa shape index (κ3) is 2.75. The second-order valence-corrected chi connectivity index (χ2v) is 7.49. The van der Waals surface area contributed by atoms with Gasteiger partial charge in [-0.25, -0.2) is 4.79 Å². The summed E-state index contributed by atoms with van der Waals surface area (Å²) in [4.78, 5) is 25.7. The summed E-state index contributed by atoms with van der Waals surface area (Å²) in [7, 11) is 0. The fourth-order valence-electron chi connectivity index (χ4n) is 4.88. The zero-order valence-electron chi connectivity index (χ0n) is 13.3. The zero-order valence-corrected chi connectivity index (χ0v) is 13.3. The lowest BCUT2D eigenvalue weighted by Gasteiger charge is -2.31. The molecule has 3 atom stereocenters. The molecular formula is C19H23NO3. The van der Waals surface area contributed by atoms with E-state index < -0.39 is 5.97 Å². The standard InChI is InChI=1S/C19H23NO3/c21-18(10-16-8-12-1-2-14(16)7-12)20-6-5-13-3-4-15(19(22)23)9-17(13)11-20/h3-4,9,12,14,16H,1-2,5-8,10-11H2,(H,22,23). The number of rotatable bonds is 3. The Labute approximate surface area is 136 Å². The molecule has 2 saturated carbocycles. The van der Waals surface area contributed by atoms with Crippen molar-refractivity contribution in [2.45, 2.75) is 45.1 Å². The van der Waals surface area contributed by atoms with Crippen molar-refractivity contribution in [3.8, 4) is 0 Å². The van der Waals surface area contributed by atoms with E-state index in [1.165, 1.54) is 31.2 Å². The van der Waals surface area contributed by atoms with Crippen molar-refractivity contribution < 1.29 is 14.7 Å². The molecule has 1 amide bonds. The molecule has 4 heteroatoms. The van der Waals surface area contributed by atoms with Crippen LogP contribution in [0.4, 0.5) is 0 Å². The normalized spacial score (nSPS) is 28.7. The summed E-state index contributed by atoms with van der Waals surface area (Å²) in [6.45, 7) is 1.33. The maximum absolute atomic E-state index is 12.7. The number of benzene rings is 1. The zero-order chi connectivity index (χ0) is 16.0. The fraction of sp³-hybridized carbons (Fsp3) is 0.579. The van der Waals surface area contributed by atoms with Gasteiger partial charge < -0.3 is 10.0 Å². The molecule has 0 spiro atoms. The smallest absolute Gasteiger partial charge is 0.335 e. The number of aromatic carboxylic acids is 1. The van der Waals surface area contributed by atoms with Crippen molar-refractivity contribution in [3.05, 3.63) is 34.9 Å². The number of hydrogen-bond donors (Lipinski definition) is 1. The summed E-state index contributed by atoms with van der Waals surface area (Å²) in [5.41, 5.74) is 2.49. The van der Waals surface area contributed by atoms with Crippen LogP contribution in [0.15, 0.2) is 18.2 Å². The molecule has 0 radical (unpaired) electrons. The van der Waals surface area contributed by atoms with Crippen LogP contribution in [0.5, 0.6) is 0 Å². The third-order valence-electron chi connectivity index (χ3n) is 6.14. The Bertz CT molecular complexity index is 654. The van der Waals surface area contributed by atoms with Crippen molar-refractivity contribution in [3.63, 3.8) is 0 Å². The van der Waals surface area contributed by atoms with E-state index in [9.17, 15) is 9.59 Å². The highest BCUT2D eigenvalue weighted by Gasteiger charge is 2.40. The van der Waals surface area contributed by atoms with Crippen molar-refractivity contribution >= 4 is 11.9 Å². The molecule has 1 aromatic rings. The van der Waals surface area contributed by atoms with Crippen LogP contribution in [-0.2, 0) is 17.8 Å². The number of carbonyl (C=O) groups excluding carboxylic acids is 1. The van der Waals surface area contributed by atoms with Crippen LogP contribution < -0.4 is 0 Å². The predicted molar refractivity (Wildman–Crippen MR) is 86.1 cm³/mol. The molecule has 2 fully saturated rings. The molecule has 3 unspecified atom stereocenters. The minimum atomic E-state index is -0.904. The predicted octanol–water partition coefficient (Wildman–Crippen LogP) is 3.10. The highest BCUT2D eigenvalue weighted by molar-refractivity contribution is 5.88. The molecule has 122 valence electrons. The number of carboxylic acids is 1. The minimum Gasteiger partial charge on any atom is -0.478 e. The van der Waals surface area contributed by atoms with Crippen LogP contribution in [0.25, 0.3) is 0 Å². The van der Waals surface area contributed by atoms with E-state index in [4.69, 9.17) is 5.11 Å². The van der Waals surface area contributed by atoms with Crippen molar-refractivity contribution in [1.82, 2.24) is 4.90 Å². The van der Waals surface area contributed by atoms with Gasteiger partial charge in [-0.2, -0.15) is 0 Å². The Morgan fingerprint density at radius 2 is 2.04 bits per heavy atom. The van der Waals surface area contributed by atoms with Gasteiger partial charge in [0.1, 0.15) is 0 Å². The van der Waals surface area contributed by atoms with Crippen molar-refractivity contribution in [1.29, 1.82) is 0 Å². The topological polar surface area (TPSA) is 57.6 Å². The molecule has 2 aliphatic carbocycles. The van der Waals surface area contributed by atoms with Gasteiger partial charge in [0.15, 0.2) is 0 Å². The molecule has 1 heterocycles. The molecule has 0 saturated heterocycles. The van der Waals surface area contributed by atoms with E-state index in [0.29, 0.717) is 24.4 Å². The van der Waals surface area contributed by atoms with E-state index in [0.717, 1.165) is 30.4 Å². The van der Waals surface area contributed by atoms with Crippen LogP contribution in [0.1, 0.15) is 53.6 Å². The Balaban J connectivity index is 1.43. The summed E-state index contributed by atoms with van der Waals surface area (Å²) in [6.07, 6.45) is 6.78. The molecule has 23 heavy (non-hydrogen) atoms. The van der Waals surface area contributed by atoms with Crippen molar-refractivity contribution in [2.24, 2.45) is 17.8 Å². The Morgan fingerprint density at radius 1 is 1.17 bits per heavy atom. The van der Waals surface area contributed by atoms with Gasteiger partial charge in [0.25, 0.3) is 0 Å². The van der Waals surface area contributed by atoms with E-state index in [1.807, 2.05) is 11.0 Å². The van der Waals surface area contributed by atoms with Gasteiger partial charge in [-0.05, 0) is 66.7 Å². The lowest BCUT2D eigenvalue weighted by atomic mass is 9.86. The minimum absolute atomic E-state index is 0.258. The van der Waals surface area contributed by atoms with E-state index in [2.05, 4.69) is 0 Å². The molecule has 3 aliphatic rings. The largest absolute Gasteiger partial charge is 0.478 e. The van der Waals surface area contributed by atoms with Gasteiger partial charge in [0.05, 0.1) is 5.56 Å². The highest BCUT2D eigenvalue weighted by Crippen LogP contribution is 2.49. The maximum Gasteiger partial charge on any atom is 0.335 e. The van der Waals surface area contributed by atoms with E-state index >= 15 is 0 Å². The summed E-state index contributed by atoms with van der Waals surface area (Å²) in [6, 6.07) is 5.29. The molecule has 1 aromatic carbocycles. The second kappa shape index (κ2) is 5.66. The molecule has 4 nitrogen and oxygen atoms in total. The average molecular weight is 313 g/mol. The van der Waals surface area contributed by atoms with Crippen LogP contribution in [-0.4, -0.2) is 28.4 Å². The summed E-state index contributed by atoms with van der Waals surface area (Å²) < 4.78 is 0. The monoisotopic (exact) mass is 313 g/mol. The quantitative estimate of drug-likeness (QED) is 0.933. The Hall–Kier alpha value is -1.84. The summed E-state index contributed by atoms with van der Waals surface area (Å²) in [5.74, 6) is 1.60. The number of amides is 1. The van der Waals surface area contributed by atoms with Crippen LogP contribution in [0.2, 0.25) is 0 Å². The first kappa shape index (κ1) is 14.7. The number of carbonyl (C=O) groups is 2. The van der Waals surface area contributed by atoms with Gasteiger partial charge >= 0.3 is 5.97 Å². The lowest BCUT2D eigenvalue weighted by Crippen LogP contribution is -2.37. The van der Waals surface area contributed by atoms with Crippen LogP contribution >= 0.6 is 0 Å².